The number of amides is 1. The zero-order valence-electron chi connectivity index (χ0n) is 21.1. The number of methoxy groups -OCH3 is 2. The number of ether oxygens (including phenoxy) is 3. The van der Waals surface area contributed by atoms with Crippen molar-refractivity contribution in [3.8, 4) is 17.2 Å². The zero-order valence-corrected chi connectivity index (χ0v) is 21.9. The number of nitrogens with one attached hydrogen (secondary N) is 2. The van der Waals surface area contributed by atoms with E-state index in [9.17, 15) is 13.2 Å². The third-order valence-corrected chi connectivity index (χ3v) is 7.43. The molecule has 0 aliphatic carbocycles. The van der Waals surface area contributed by atoms with Gasteiger partial charge in [0.15, 0.2) is 11.5 Å². The lowest BCUT2D eigenvalue weighted by molar-refractivity contribution is 0.102. The molecule has 0 radical (unpaired) electrons. The highest BCUT2D eigenvalue weighted by Gasteiger charge is 2.25. The molecule has 0 spiro atoms. The van der Waals surface area contributed by atoms with Crippen molar-refractivity contribution >= 4 is 33.0 Å². The summed E-state index contributed by atoms with van der Waals surface area (Å²) in [5.41, 5.74) is 1.71. The predicted octanol–water partition coefficient (Wildman–Crippen LogP) is 4.76. The molecule has 37 heavy (non-hydrogen) atoms. The van der Waals surface area contributed by atoms with E-state index >= 15 is 0 Å². The molecule has 1 amide bonds. The van der Waals surface area contributed by atoms with Crippen LogP contribution in [0.2, 0.25) is 0 Å². The van der Waals surface area contributed by atoms with Crippen LogP contribution in [0.15, 0.2) is 65.6 Å². The molecule has 1 heterocycles. The van der Waals surface area contributed by atoms with E-state index in [1.54, 1.807) is 61.7 Å². The lowest BCUT2D eigenvalue weighted by Crippen LogP contribution is -2.23. The Labute approximate surface area is 217 Å². The summed E-state index contributed by atoms with van der Waals surface area (Å²) in [6.07, 6.45) is 1.98. The van der Waals surface area contributed by atoms with E-state index < -0.39 is 15.9 Å². The van der Waals surface area contributed by atoms with Crippen LogP contribution in [0, 0.1) is 0 Å². The van der Waals surface area contributed by atoms with E-state index in [2.05, 4.69) is 10.0 Å². The molecule has 2 N–H and O–H groups in total. The zero-order chi connectivity index (χ0) is 26.4. The molecular formula is C27H31N3O6S. The fraction of sp³-hybridized carbons (Fsp3) is 0.296. The van der Waals surface area contributed by atoms with Crippen molar-refractivity contribution in [3.63, 3.8) is 0 Å². The standard InChI is InChI=1S/C27H31N3O6S/c1-4-36-24-14-7-19(17-25(24)35-3)27(31)28-21-10-13-23(30-15-5-6-16-30)26(18-21)37(32,33)29-20-8-11-22(34-2)12-9-20/h7-14,17-18,29H,4-6,15-16H2,1-3H3,(H,28,31). The van der Waals surface area contributed by atoms with Gasteiger partial charge in [-0.2, -0.15) is 0 Å². The van der Waals surface area contributed by atoms with E-state index in [-0.39, 0.29) is 4.90 Å². The Bertz CT molecular complexity index is 1350. The molecule has 3 aromatic carbocycles. The number of nitrogens with zero attached hydrogens (tertiary/aromatic N) is 1. The lowest BCUT2D eigenvalue weighted by Gasteiger charge is -2.22. The van der Waals surface area contributed by atoms with Gasteiger partial charge in [0, 0.05) is 30.0 Å². The largest absolute Gasteiger partial charge is 0.497 e. The number of hydrogen-bond acceptors (Lipinski definition) is 7. The first-order valence-electron chi connectivity index (χ1n) is 12.0. The predicted molar refractivity (Wildman–Crippen MR) is 144 cm³/mol. The summed E-state index contributed by atoms with van der Waals surface area (Å²) >= 11 is 0. The normalized spacial score (nSPS) is 13.2. The quantitative estimate of drug-likeness (QED) is 0.393. The molecule has 1 saturated heterocycles. The second-order valence-corrected chi connectivity index (χ2v) is 10.1. The van der Waals surface area contributed by atoms with Crippen molar-refractivity contribution in [1.82, 2.24) is 0 Å². The Morgan fingerprint density at radius 1 is 0.892 bits per heavy atom. The van der Waals surface area contributed by atoms with Crippen LogP contribution >= 0.6 is 0 Å². The summed E-state index contributed by atoms with van der Waals surface area (Å²) in [5, 5.41) is 2.81. The molecule has 1 aliphatic heterocycles. The summed E-state index contributed by atoms with van der Waals surface area (Å²) in [4.78, 5) is 15.1. The molecule has 1 fully saturated rings. The van der Waals surface area contributed by atoms with Gasteiger partial charge in [-0.05, 0) is 80.4 Å². The Morgan fingerprint density at radius 2 is 1.59 bits per heavy atom. The summed E-state index contributed by atoms with van der Waals surface area (Å²) in [6.45, 7) is 3.86. The van der Waals surface area contributed by atoms with Gasteiger partial charge < -0.3 is 24.4 Å². The Morgan fingerprint density at radius 3 is 2.24 bits per heavy atom. The summed E-state index contributed by atoms with van der Waals surface area (Å²) in [6, 6.07) is 16.5. The lowest BCUT2D eigenvalue weighted by atomic mass is 10.1. The highest BCUT2D eigenvalue weighted by molar-refractivity contribution is 7.92. The van der Waals surface area contributed by atoms with Gasteiger partial charge in [-0.3, -0.25) is 9.52 Å². The van der Waals surface area contributed by atoms with Crippen LogP contribution in [0.5, 0.6) is 17.2 Å². The maximum atomic E-state index is 13.5. The molecule has 0 atom stereocenters. The molecule has 4 rings (SSSR count). The molecule has 0 saturated carbocycles. The van der Waals surface area contributed by atoms with Crippen LogP contribution < -0.4 is 29.1 Å². The number of carbonyl (C=O) groups excluding carboxylic acids is 1. The van der Waals surface area contributed by atoms with Gasteiger partial charge >= 0.3 is 0 Å². The van der Waals surface area contributed by atoms with Crippen LogP contribution in [-0.2, 0) is 10.0 Å². The molecule has 10 heteroatoms. The minimum Gasteiger partial charge on any atom is -0.497 e. The Balaban J connectivity index is 1.63. The fourth-order valence-electron chi connectivity index (χ4n) is 4.18. The summed E-state index contributed by atoms with van der Waals surface area (Å²) < 4.78 is 45.7. The van der Waals surface area contributed by atoms with Crippen LogP contribution in [0.1, 0.15) is 30.1 Å². The van der Waals surface area contributed by atoms with Crippen molar-refractivity contribution < 1.29 is 27.4 Å². The molecular weight excluding hydrogens is 494 g/mol. The number of carbonyl (C=O) groups is 1. The molecule has 196 valence electrons. The van der Waals surface area contributed by atoms with Crippen LogP contribution in [0.25, 0.3) is 0 Å². The summed E-state index contributed by atoms with van der Waals surface area (Å²) in [7, 11) is -0.917. The number of benzene rings is 3. The van der Waals surface area contributed by atoms with Gasteiger partial charge in [0.2, 0.25) is 0 Å². The third kappa shape index (κ3) is 6.08. The van der Waals surface area contributed by atoms with Crippen LogP contribution in [0.3, 0.4) is 0 Å². The van der Waals surface area contributed by atoms with Crippen molar-refractivity contribution in [2.45, 2.75) is 24.7 Å². The van der Waals surface area contributed by atoms with Crippen molar-refractivity contribution in [1.29, 1.82) is 0 Å². The van der Waals surface area contributed by atoms with E-state index in [0.29, 0.717) is 46.5 Å². The van der Waals surface area contributed by atoms with E-state index in [0.717, 1.165) is 25.9 Å². The topological polar surface area (TPSA) is 106 Å². The van der Waals surface area contributed by atoms with Gasteiger partial charge in [-0.15, -0.1) is 0 Å². The molecule has 0 bridgehead atoms. The smallest absolute Gasteiger partial charge is 0.264 e. The maximum Gasteiger partial charge on any atom is 0.264 e. The first kappa shape index (κ1) is 26.2. The van der Waals surface area contributed by atoms with Crippen molar-refractivity contribution in [3.05, 3.63) is 66.2 Å². The van der Waals surface area contributed by atoms with Gasteiger partial charge in [0.1, 0.15) is 10.6 Å². The second-order valence-electron chi connectivity index (χ2n) is 8.46. The van der Waals surface area contributed by atoms with Crippen LogP contribution in [0.4, 0.5) is 17.1 Å². The van der Waals surface area contributed by atoms with Crippen molar-refractivity contribution in [2.75, 3.05) is 48.9 Å². The highest BCUT2D eigenvalue weighted by Crippen LogP contribution is 2.33. The van der Waals surface area contributed by atoms with E-state index in [4.69, 9.17) is 14.2 Å². The molecule has 1 aliphatic rings. The maximum absolute atomic E-state index is 13.5. The third-order valence-electron chi connectivity index (χ3n) is 6.02. The number of sulfonamides is 1. The van der Waals surface area contributed by atoms with E-state index in [1.807, 2.05) is 11.8 Å². The first-order chi connectivity index (χ1) is 17.8. The first-order valence-corrected chi connectivity index (χ1v) is 13.5. The number of hydrogen-bond donors (Lipinski definition) is 2. The van der Waals surface area contributed by atoms with Crippen molar-refractivity contribution in [2.24, 2.45) is 0 Å². The SMILES string of the molecule is CCOc1ccc(C(=O)Nc2ccc(N3CCCC3)c(S(=O)(=O)Nc3ccc(OC)cc3)c2)cc1OC. The Hall–Kier alpha value is -3.92. The fourth-order valence-corrected chi connectivity index (χ4v) is 5.49. The van der Waals surface area contributed by atoms with Gasteiger partial charge in [0.25, 0.3) is 15.9 Å². The van der Waals surface area contributed by atoms with Gasteiger partial charge in [-0.25, -0.2) is 8.42 Å². The average Bonchev–Trinajstić information content (AvgIpc) is 3.44. The monoisotopic (exact) mass is 525 g/mol. The van der Waals surface area contributed by atoms with Gasteiger partial charge in [-0.1, -0.05) is 0 Å². The number of anilines is 3. The minimum atomic E-state index is -3.97. The average molecular weight is 526 g/mol. The Kier molecular flexibility index (Phi) is 8.08. The molecule has 3 aromatic rings. The van der Waals surface area contributed by atoms with Crippen LogP contribution in [-0.4, -0.2) is 48.2 Å². The van der Waals surface area contributed by atoms with Gasteiger partial charge in [0.05, 0.1) is 26.5 Å². The molecule has 0 aromatic heterocycles. The minimum absolute atomic E-state index is 0.0901. The molecule has 0 unspecified atom stereocenters. The second kappa shape index (κ2) is 11.4. The summed E-state index contributed by atoms with van der Waals surface area (Å²) in [5.74, 6) is 1.19. The molecule has 9 nitrogen and oxygen atoms in total. The highest BCUT2D eigenvalue weighted by atomic mass is 32.2. The number of rotatable bonds is 10. The van der Waals surface area contributed by atoms with E-state index in [1.165, 1.54) is 13.2 Å².